The van der Waals surface area contributed by atoms with E-state index < -0.39 is 0 Å². The van der Waals surface area contributed by atoms with Crippen molar-refractivity contribution in [2.24, 2.45) is 0 Å². The summed E-state index contributed by atoms with van der Waals surface area (Å²) >= 11 is 18.3. The molecule has 0 saturated carbocycles. The third-order valence-electron chi connectivity index (χ3n) is 2.51. The van der Waals surface area contributed by atoms with Gasteiger partial charge in [-0.15, -0.1) is 0 Å². The van der Waals surface area contributed by atoms with Gasteiger partial charge in [0.1, 0.15) is 10.1 Å². The number of thioether (sulfide) groups is 1. The van der Waals surface area contributed by atoms with Crippen LogP contribution in [0.5, 0.6) is 5.75 Å². The second kappa shape index (κ2) is 5.71. The molecule has 19 heavy (non-hydrogen) atoms. The first kappa shape index (κ1) is 14.7. The topological polar surface area (TPSA) is 29.5 Å². The van der Waals surface area contributed by atoms with Crippen molar-refractivity contribution in [3.8, 4) is 5.75 Å². The van der Waals surface area contributed by atoms with Crippen LogP contribution in [-0.2, 0) is 4.79 Å². The fourth-order valence-corrected chi connectivity index (χ4v) is 3.35. The molecule has 7 heteroatoms. The SMILES string of the molecule is COc1c(Cl)cc(Cl)cc1C=C1SC(=S)N(C)C1=O. The van der Waals surface area contributed by atoms with Crippen LogP contribution in [0.2, 0.25) is 10.0 Å². The molecule has 1 aromatic rings. The fraction of sp³-hybridized carbons (Fsp3) is 0.167. The molecule has 3 nitrogen and oxygen atoms in total. The average Bonchev–Trinajstić information content (AvgIpc) is 2.57. The van der Waals surface area contributed by atoms with Crippen LogP contribution in [-0.4, -0.2) is 29.3 Å². The first-order valence-electron chi connectivity index (χ1n) is 5.18. The fourth-order valence-electron chi connectivity index (χ4n) is 1.59. The molecule has 1 aliphatic rings. The van der Waals surface area contributed by atoms with Crippen LogP contribution in [0.25, 0.3) is 6.08 Å². The van der Waals surface area contributed by atoms with E-state index in [9.17, 15) is 4.79 Å². The highest BCUT2D eigenvalue weighted by Gasteiger charge is 2.29. The van der Waals surface area contributed by atoms with Crippen LogP contribution >= 0.6 is 47.2 Å². The van der Waals surface area contributed by atoms with Gasteiger partial charge in [0.05, 0.1) is 17.0 Å². The number of hydrogen-bond acceptors (Lipinski definition) is 4. The van der Waals surface area contributed by atoms with E-state index in [2.05, 4.69) is 0 Å². The molecule has 1 aliphatic heterocycles. The highest BCUT2D eigenvalue weighted by molar-refractivity contribution is 8.26. The van der Waals surface area contributed by atoms with Gasteiger partial charge in [0.25, 0.3) is 5.91 Å². The Labute approximate surface area is 130 Å². The number of hydrogen-bond donors (Lipinski definition) is 0. The normalized spacial score (nSPS) is 17.5. The predicted octanol–water partition coefficient (Wildman–Crippen LogP) is 3.83. The molecule has 2 rings (SSSR count). The van der Waals surface area contributed by atoms with Gasteiger partial charge in [0.15, 0.2) is 0 Å². The predicted molar refractivity (Wildman–Crippen MR) is 84.0 cm³/mol. The highest BCUT2D eigenvalue weighted by atomic mass is 35.5. The number of thiocarbonyl (C=S) groups is 1. The molecule has 0 N–H and O–H groups in total. The molecule has 1 saturated heterocycles. The van der Waals surface area contributed by atoms with Gasteiger partial charge in [-0.2, -0.15) is 0 Å². The lowest BCUT2D eigenvalue weighted by Gasteiger charge is -2.08. The molecule has 1 heterocycles. The Morgan fingerprint density at radius 3 is 2.63 bits per heavy atom. The summed E-state index contributed by atoms with van der Waals surface area (Å²) in [4.78, 5) is 13.9. The summed E-state index contributed by atoms with van der Waals surface area (Å²) < 4.78 is 5.75. The molecule has 1 amide bonds. The average molecular weight is 334 g/mol. The maximum Gasteiger partial charge on any atom is 0.265 e. The van der Waals surface area contributed by atoms with Gasteiger partial charge >= 0.3 is 0 Å². The molecular formula is C12H9Cl2NO2S2. The number of ether oxygens (including phenoxy) is 1. The number of benzene rings is 1. The summed E-state index contributed by atoms with van der Waals surface area (Å²) in [6.07, 6.45) is 1.68. The number of halogens is 2. The summed E-state index contributed by atoms with van der Waals surface area (Å²) in [5, 5.41) is 0.872. The van der Waals surface area contributed by atoms with Crippen LogP contribution in [0.1, 0.15) is 5.56 Å². The van der Waals surface area contributed by atoms with Gasteiger partial charge in [0.2, 0.25) is 0 Å². The van der Waals surface area contributed by atoms with Crippen LogP contribution in [0.4, 0.5) is 0 Å². The molecule has 0 aromatic heterocycles. The number of carbonyl (C=O) groups excluding carboxylic acids is 1. The lowest BCUT2D eigenvalue weighted by Crippen LogP contribution is -2.22. The molecular weight excluding hydrogens is 325 g/mol. The molecule has 0 atom stereocenters. The van der Waals surface area contributed by atoms with Crippen molar-refractivity contribution in [3.05, 3.63) is 32.6 Å². The Morgan fingerprint density at radius 1 is 1.42 bits per heavy atom. The van der Waals surface area contributed by atoms with E-state index in [1.807, 2.05) is 0 Å². The minimum atomic E-state index is -0.145. The van der Waals surface area contributed by atoms with E-state index >= 15 is 0 Å². The molecule has 100 valence electrons. The summed E-state index contributed by atoms with van der Waals surface area (Å²) in [5.74, 6) is 0.334. The van der Waals surface area contributed by atoms with Crippen molar-refractivity contribution in [2.75, 3.05) is 14.2 Å². The summed E-state index contributed by atoms with van der Waals surface area (Å²) in [5.41, 5.74) is 0.647. The maximum atomic E-state index is 11.9. The molecule has 0 aliphatic carbocycles. The van der Waals surface area contributed by atoms with E-state index in [1.54, 1.807) is 25.3 Å². The van der Waals surface area contributed by atoms with Crippen molar-refractivity contribution in [3.63, 3.8) is 0 Å². The Kier molecular flexibility index (Phi) is 4.40. The summed E-state index contributed by atoms with van der Waals surface area (Å²) in [6.45, 7) is 0. The first-order valence-corrected chi connectivity index (χ1v) is 7.16. The number of nitrogens with zero attached hydrogens (tertiary/aromatic N) is 1. The smallest absolute Gasteiger partial charge is 0.265 e. The lowest BCUT2D eigenvalue weighted by molar-refractivity contribution is -0.121. The quantitative estimate of drug-likeness (QED) is 0.607. The Hall–Kier alpha value is -0.750. The third kappa shape index (κ3) is 2.89. The van der Waals surface area contributed by atoms with Crippen molar-refractivity contribution in [2.45, 2.75) is 0 Å². The molecule has 0 unspecified atom stereocenters. The minimum Gasteiger partial charge on any atom is -0.495 e. The second-order valence-electron chi connectivity index (χ2n) is 3.75. The first-order chi connectivity index (χ1) is 8.93. The van der Waals surface area contributed by atoms with Gasteiger partial charge in [0, 0.05) is 17.6 Å². The van der Waals surface area contributed by atoms with Crippen molar-refractivity contribution >= 4 is 63.5 Å². The van der Waals surface area contributed by atoms with Crippen molar-refractivity contribution in [1.29, 1.82) is 0 Å². The van der Waals surface area contributed by atoms with Gasteiger partial charge in [-0.25, -0.2) is 0 Å². The number of rotatable bonds is 2. The van der Waals surface area contributed by atoms with Crippen molar-refractivity contribution < 1.29 is 9.53 Å². The second-order valence-corrected chi connectivity index (χ2v) is 6.27. The Morgan fingerprint density at radius 2 is 2.11 bits per heavy atom. The maximum absolute atomic E-state index is 11.9. The Balaban J connectivity index is 2.49. The highest BCUT2D eigenvalue weighted by Crippen LogP contribution is 2.37. The minimum absolute atomic E-state index is 0.145. The zero-order chi connectivity index (χ0) is 14.2. The lowest BCUT2D eigenvalue weighted by atomic mass is 10.2. The molecule has 1 fully saturated rings. The van der Waals surface area contributed by atoms with E-state index in [-0.39, 0.29) is 5.91 Å². The molecule has 0 radical (unpaired) electrons. The van der Waals surface area contributed by atoms with E-state index in [4.69, 9.17) is 40.2 Å². The van der Waals surface area contributed by atoms with E-state index in [1.165, 1.54) is 23.8 Å². The summed E-state index contributed by atoms with van der Waals surface area (Å²) in [6, 6.07) is 3.28. The number of carbonyl (C=O) groups is 1. The van der Waals surface area contributed by atoms with Crippen LogP contribution in [0.3, 0.4) is 0 Å². The van der Waals surface area contributed by atoms with Gasteiger partial charge in [-0.3, -0.25) is 9.69 Å². The standard InChI is InChI=1S/C12H9Cl2NO2S2/c1-15-11(16)9(19-12(15)18)4-6-3-7(13)5-8(14)10(6)17-2/h3-5H,1-2H3. The number of amides is 1. The van der Waals surface area contributed by atoms with Crippen LogP contribution in [0, 0.1) is 0 Å². The largest absolute Gasteiger partial charge is 0.495 e. The van der Waals surface area contributed by atoms with Gasteiger partial charge in [-0.1, -0.05) is 47.2 Å². The molecule has 1 aromatic carbocycles. The van der Waals surface area contributed by atoms with Gasteiger partial charge in [-0.05, 0) is 18.2 Å². The van der Waals surface area contributed by atoms with Gasteiger partial charge < -0.3 is 4.74 Å². The molecule has 0 spiro atoms. The number of likely N-dealkylation sites (N-methyl/N-ethyl adjacent to an activating group) is 1. The van der Waals surface area contributed by atoms with Crippen LogP contribution in [0.15, 0.2) is 17.0 Å². The van der Waals surface area contributed by atoms with Crippen molar-refractivity contribution in [1.82, 2.24) is 4.90 Å². The van der Waals surface area contributed by atoms with Crippen LogP contribution < -0.4 is 4.74 Å². The molecule has 0 bridgehead atoms. The van der Waals surface area contributed by atoms with E-state index in [0.717, 1.165) is 0 Å². The third-order valence-corrected chi connectivity index (χ3v) is 4.50. The Bertz CT molecular complexity index is 602. The van der Waals surface area contributed by atoms with E-state index in [0.29, 0.717) is 30.6 Å². The monoisotopic (exact) mass is 333 g/mol. The summed E-state index contributed by atoms with van der Waals surface area (Å²) in [7, 11) is 3.15. The number of methoxy groups -OCH3 is 1. The zero-order valence-electron chi connectivity index (χ0n) is 10.1. The zero-order valence-corrected chi connectivity index (χ0v) is 13.2.